The number of carbonyl (C=O) groups is 1. The molecule has 33 heavy (non-hydrogen) atoms. The number of hydrogen-bond donors (Lipinski definition) is 1. The Labute approximate surface area is 200 Å². The molecule has 0 aliphatic heterocycles. The first-order valence-corrected chi connectivity index (χ1v) is 13.6. The van der Waals surface area contributed by atoms with Gasteiger partial charge in [-0.2, -0.15) is 4.31 Å². The molecule has 9 heteroatoms. The van der Waals surface area contributed by atoms with Crippen molar-refractivity contribution in [1.82, 2.24) is 19.2 Å². The third kappa shape index (κ3) is 5.77. The molecule has 1 amide bonds. The molecule has 0 saturated carbocycles. The number of sulfonamides is 1. The lowest BCUT2D eigenvalue weighted by Crippen LogP contribution is -2.32. The number of fused-ring (bicyclic) bond motifs is 1. The number of aryl methyl sites for hydroxylation is 1. The van der Waals surface area contributed by atoms with Gasteiger partial charge in [0, 0.05) is 26.2 Å². The maximum absolute atomic E-state index is 12.9. The summed E-state index contributed by atoms with van der Waals surface area (Å²) in [6.07, 6.45) is 0.779. The van der Waals surface area contributed by atoms with Crippen LogP contribution in [0.5, 0.6) is 0 Å². The molecule has 0 bridgehead atoms. The van der Waals surface area contributed by atoms with Gasteiger partial charge in [-0.05, 0) is 44.0 Å². The number of nitrogens with one attached hydrogen (secondary N) is 1. The number of thioether (sulfide) groups is 1. The van der Waals surface area contributed by atoms with Crippen LogP contribution in [0.4, 0.5) is 0 Å². The van der Waals surface area contributed by atoms with E-state index in [4.69, 9.17) is 0 Å². The van der Waals surface area contributed by atoms with Gasteiger partial charge >= 0.3 is 0 Å². The Bertz CT molecular complexity index is 1190. The molecular formula is C24H32N4O3S2. The van der Waals surface area contributed by atoms with Crippen molar-refractivity contribution >= 4 is 38.7 Å². The number of benzene rings is 2. The lowest BCUT2D eigenvalue weighted by molar-refractivity contribution is -0.120. The summed E-state index contributed by atoms with van der Waals surface area (Å²) >= 11 is 1.38. The Hall–Kier alpha value is -2.36. The minimum Gasteiger partial charge on any atom is -0.355 e. The van der Waals surface area contributed by atoms with Crippen LogP contribution in [0.1, 0.15) is 33.3 Å². The van der Waals surface area contributed by atoms with Crippen LogP contribution in [-0.2, 0) is 27.8 Å². The van der Waals surface area contributed by atoms with Crippen LogP contribution in [-0.4, -0.2) is 53.1 Å². The molecule has 1 heterocycles. The minimum absolute atomic E-state index is 0.0459. The Kier molecular flexibility index (Phi) is 8.56. The summed E-state index contributed by atoms with van der Waals surface area (Å²) in [5.41, 5.74) is 2.65. The molecule has 2 aromatic carbocycles. The van der Waals surface area contributed by atoms with Crippen LogP contribution in [0, 0.1) is 0 Å². The van der Waals surface area contributed by atoms with Gasteiger partial charge < -0.3 is 9.88 Å². The molecule has 0 aliphatic carbocycles. The molecule has 0 radical (unpaired) electrons. The predicted octanol–water partition coefficient (Wildman–Crippen LogP) is 3.93. The molecule has 1 N–H and O–H groups in total. The summed E-state index contributed by atoms with van der Waals surface area (Å²) in [4.78, 5) is 17.5. The van der Waals surface area contributed by atoms with Crippen molar-refractivity contribution in [3.8, 4) is 0 Å². The third-order valence-corrected chi connectivity index (χ3v) is 8.69. The number of rotatable bonds is 11. The molecule has 0 fully saturated rings. The molecule has 178 valence electrons. The van der Waals surface area contributed by atoms with Gasteiger partial charge in [0.2, 0.25) is 15.9 Å². The summed E-state index contributed by atoms with van der Waals surface area (Å²) in [6.45, 7) is 9.59. The predicted molar refractivity (Wildman–Crippen MR) is 134 cm³/mol. The van der Waals surface area contributed by atoms with Crippen LogP contribution in [0.3, 0.4) is 0 Å². The van der Waals surface area contributed by atoms with Crippen molar-refractivity contribution in [3.05, 3.63) is 54.1 Å². The Morgan fingerprint density at radius 2 is 1.82 bits per heavy atom. The second kappa shape index (κ2) is 11.2. The molecule has 0 saturated heterocycles. The van der Waals surface area contributed by atoms with E-state index in [9.17, 15) is 13.2 Å². The quantitative estimate of drug-likeness (QED) is 0.414. The largest absolute Gasteiger partial charge is 0.355 e. The fourth-order valence-corrected chi connectivity index (χ4v) is 6.18. The average molecular weight is 489 g/mol. The Morgan fingerprint density at radius 1 is 1.12 bits per heavy atom. The SMILES string of the molecule is CCN(CC)S(=O)(=O)c1ccc2c(c1)nc(S[C@@H](C)C(=O)NCCc1ccccc1)n2CC. The van der Waals surface area contributed by atoms with Crippen molar-refractivity contribution in [2.24, 2.45) is 0 Å². The monoisotopic (exact) mass is 488 g/mol. The van der Waals surface area contributed by atoms with Gasteiger partial charge in [0.05, 0.1) is 21.2 Å². The summed E-state index contributed by atoms with van der Waals surface area (Å²) < 4.78 is 29.3. The average Bonchev–Trinajstić information content (AvgIpc) is 3.16. The molecule has 3 rings (SSSR count). The summed E-state index contributed by atoms with van der Waals surface area (Å²) in [7, 11) is -3.56. The van der Waals surface area contributed by atoms with Crippen LogP contribution in [0.25, 0.3) is 11.0 Å². The zero-order chi connectivity index (χ0) is 24.0. The highest BCUT2D eigenvalue weighted by atomic mass is 32.2. The van der Waals surface area contributed by atoms with Gasteiger partial charge in [-0.3, -0.25) is 4.79 Å². The van der Waals surface area contributed by atoms with Gasteiger partial charge in [-0.15, -0.1) is 0 Å². The van der Waals surface area contributed by atoms with E-state index < -0.39 is 10.0 Å². The summed E-state index contributed by atoms with van der Waals surface area (Å²) in [5, 5.41) is 3.37. The van der Waals surface area contributed by atoms with Gasteiger partial charge in [0.25, 0.3) is 0 Å². The molecule has 7 nitrogen and oxygen atoms in total. The minimum atomic E-state index is -3.56. The van der Waals surface area contributed by atoms with Gasteiger partial charge in [-0.1, -0.05) is 55.9 Å². The number of carbonyl (C=O) groups excluding carboxylic acids is 1. The maximum atomic E-state index is 12.9. The Balaban J connectivity index is 1.75. The molecule has 0 spiro atoms. The molecule has 0 unspecified atom stereocenters. The fraction of sp³-hybridized carbons (Fsp3) is 0.417. The van der Waals surface area contributed by atoms with Crippen LogP contribution in [0.15, 0.2) is 58.6 Å². The van der Waals surface area contributed by atoms with Gasteiger partial charge in [0.1, 0.15) is 0 Å². The number of imidazole rings is 1. The number of hydrogen-bond acceptors (Lipinski definition) is 5. The van der Waals surface area contributed by atoms with Crippen molar-refractivity contribution in [2.75, 3.05) is 19.6 Å². The lowest BCUT2D eigenvalue weighted by atomic mass is 10.1. The van der Waals surface area contributed by atoms with E-state index >= 15 is 0 Å². The van der Waals surface area contributed by atoms with Crippen molar-refractivity contribution in [1.29, 1.82) is 0 Å². The van der Waals surface area contributed by atoms with E-state index in [0.29, 0.717) is 36.9 Å². The lowest BCUT2D eigenvalue weighted by Gasteiger charge is -2.18. The zero-order valence-corrected chi connectivity index (χ0v) is 21.2. The van der Waals surface area contributed by atoms with E-state index in [0.717, 1.165) is 11.9 Å². The smallest absolute Gasteiger partial charge is 0.243 e. The van der Waals surface area contributed by atoms with Crippen LogP contribution < -0.4 is 5.32 Å². The van der Waals surface area contributed by atoms with E-state index in [1.165, 1.54) is 21.6 Å². The normalized spacial score (nSPS) is 12.9. The van der Waals surface area contributed by atoms with Crippen molar-refractivity contribution in [2.45, 2.75) is 56.0 Å². The maximum Gasteiger partial charge on any atom is 0.243 e. The highest BCUT2D eigenvalue weighted by molar-refractivity contribution is 8.00. The van der Waals surface area contributed by atoms with Crippen LogP contribution >= 0.6 is 11.8 Å². The number of amides is 1. The van der Waals surface area contributed by atoms with E-state index in [2.05, 4.69) is 10.3 Å². The standard InChI is InChI=1S/C24H32N4O3S2/c1-5-27(6-2)33(30,31)20-13-14-22-21(17-20)26-24(28(22)7-3)32-18(4)23(29)25-16-15-19-11-9-8-10-12-19/h8-14,17-18H,5-7,15-16H2,1-4H3,(H,25,29)/t18-/m0/s1. The van der Waals surface area contributed by atoms with E-state index in [-0.39, 0.29) is 16.1 Å². The second-order valence-electron chi connectivity index (χ2n) is 7.67. The molecule has 1 atom stereocenters. The topological polar surface area (TPSA) is 84.3 Å². The highest BCUT2D eigenvalue weighted by Crippen LogP contribution is 2.29. The molecule has 3 aromatic rings. The first-order chi connectivity index (χ1) is 15.8. The van der Waals surface area contributed by atoms with E-state index in [1.54, 1.807) is 18.2 Å². The number of nitrogens with zero attached hydrogens (tertiary/aromatic N) is 3. The molecule has 0 aliphatic rings. The van der Waals surface area contributed by atoms with Gasteiger partial charge in [-0.25, -0.2) is 13.4 Å². The summed E-state index contributed by atoms with van der Waals surface area (Å²) in [6, 6.07) is 15.1. The van der Waals surface area contributed by atoms with Crippen molar-refractivity contribution < 1.29 is 13.2 Å². The molecule has 1 aromatic heterocycles. The van der Waals surface area contributed by atoms with E-state index in [1.807, 2.05) is 62.6 Å². The first-order valence-electron chi connectivity index (χ1n) is 11.3. The second-order valence-corrected chi connectivity index (χ2v) is 10.9. The third-order valence-electron chi connectivity index (χ3n) is 5.55. The Morgan fingerprint density at radius 3 is 2.45 bits per heavy atom. The van der Waals surface area contributed by atoms with Gasteiger partial charge in [0.15, 0.2) is 5.16 Å². The first kappa shape index (κ1) is 25.3. The summed E-state index contributed by atoms with van der Waals surface area (Å²) in [5.74, 6) is -0.0459. The highest BCUT2D eigenvalue weighted by Gasteiger charge is 2.24. The number of aromatic nitrogens is 2. The zero-order valence-electron chi connectivity index (χ0n) is 19.6. The van der Waals surface area contributed by atoms with Crippen molar-refractivity contribution in [3.63, 3.8) is 0 Å². The van der Waals surface area contributed by atoms with Crippen LogP contribution in [0.2, 0.25) is 0 Å². The molecular weight excluding hydrogens is 456 g/mol. The fourth-order valence-electron chi connectivity index (χ4n) is 3.69.